The average Bonchev–Trinajstić information content (AvgIpc) is 3.45. The van der Waals surface area contributed by atoms with Crippen molar-refractivity contribution in [2.75, 3.05) is 18.0 Å². The predicted octanol–water partition coefficient (Wildman–Crippen LogP) is 1.46. The molecule has 5 rings (SSSR count). The highest BCUT2D eigenvalue weighted by Gasteiger charge is 2.37. The van der Waals surface area contributed by atoms with Crippen molar-refractivity contribution in [2.24, 2.45) is 5.92 Å². The number of carbonyl (C=O) groups excluding carboxylic acids is 2. The standard InChI is InChI=1S/C20H18FN7O2/c21-13-4-3-5-14-18(13)19(26-23-14)28-11-12(10-17(28)29)20(30)22-8-7-16-25-24-15-6-1-2-9-27(15)16/h1-6,9,12H,7-8,10-11H2,(H,22,30)(H,23,26). The van der Waals surface area contributed by atoms with E-state index < -0.39 is 11.7 Å². The van der Waals surface area contributed by atoms with Crippen molar-refractivity contribution in [2.45, 2.75) is 12.8 Å². The van der Waals surface area contributed by atoms with Crippen molar-refractivity contribution in [3.05, 3.63) is 54.2 Å². The number of hydrogen-bond acceptors (Lipinski definition) is 5. The van der Waals surface area contributed by atoms with E-state index in [4.69, 9.17) is 0 Å². The maximum absolute atomic E-state index is 14.2. The van der Waals surface area contributed by atoms with Gasteiger partial charge in [-0.3, -0.25) is 24.0 Å². The minimum atomic E-state index is -0.522. The molecule has 0 saturated carbocycles. The Balaban J connectivity index is 1.24. The number of hydrogen-bond donors (Lipinski definition) is 2. The van der Waals surface area contributed by atoms with Gasteiger partial charge in [0.05, 0.1) is 16.8 Å². The molecule has 1 atom stereocenters. The number of H-pyrrole nitrogens is 1. The van der Waals surface area contributed by atoms with Crippen LogP contribution in [0.1, 0.15) is 12.2 Å². The lowest BCUT2D eigenvalue weighted by molar-refractivity contribution is -0.126. The van der Waals surface area contributed by atoms with E-state index in [2.05, 4.69) is 25.7 Å². The van der Waals surface area contributed by atoms with Gasteiger partial charge in [-0.05, 0) is 24.3 Å². The van der Waals surface area contributed by atoms with Crippen molar-refractivity contribution >= 4 is 34.2 Å². The number of nitrogens with zero attached hydrogens (tertiary/aromatic N) is 5. The quantitative estimate of drug-likeness (QED) is 0.521. The summed E-state index contributed by atoms with van der Waals surface area (Å²) in [4.78, 5) is 26.5. The van der Waals surface area contributed by atoms with Crippen molar-refractivity contribution in [3.8, 4) is 0 Å². The molecule has 0 aliphatic carbocycles. The number of aromatic nitrogens is 5. The number of aromatic amines is 1. The molecule has 2 N–H and O–H groups in total. The lowest BCUT2D eigenvalue weighted by Gasteiger charge is -2.14. The van der Waals surface area contributed by atoms with Gasteiger partial charge in [-0.15, -0.1) is 10.2 Å². The number of halogens is 1. The molecule has 2 amide bonds. The number of nitrogens with one attached hydrogen (secondary N) is 2. The molecule has 1 fully saturated rings. The number of benzene rings is 1. The van der Waals surface area contributed by atoms with Gasteiger partial charge in [0.1, 0.15) is 11.6 Å². The lowest BCUT2D eigenvalue weighted by Crippen LogP contribution is -2.34. The lowest BCUT2D eigenvalue weighted by atomic mass is 10.1. The van der Waals surface area contributed by atoms with Gasteiger partial charge >= 0.3 is 0 Å². The molecule has 152 valence electrons. The third-order valence-electron chi connectivity index (χ3n) is 5.30. The summed E-state index contributed by atoms with van der Waals surface area (Å²) < 4.78 is 16.1. The first kappa shape index (κ1) is 18.2. The monoisotopic (exact) mass is 407 g/mol. The SMILES string of the molecule is O=C(NCCc1nnc2ccccn12)C1CC(=O)N(c2n[nH]c3cccc(F)c23)C1. The van der Waals surface area contributed by atoms with Crippen molar-refractivity contribution < 1.29 is 14.0 Å². The molecule has 10 heteroatoms. The molecule has 4 heterocycles. The molecule has 9 nitrogen and oxygen atoms in total. The number of amides is 2. The van der Waals surface area contributed by atoms with Crippen LogP contribution in [0.25, 0.3) is 16.6 Å². The average molecular weight is 407 g/mol. The number of rotatable bonds is 5. The second-order valence-corrected chi connectivity index (χ2v) is 7.20. The normalized spacial score (nSPS) is 16.6. The second kappa shape index (κ2) is 7.21. The Hall–Kier alpha value is -3.82. The zero-order valence-corrected chi connectivity index (χ0v) is 15.9. The number of anilines is 1. The fourth-order valence-electron chi connectivity index (χ4n) is 3.80. The fraction of sp³-hybridized carbons (Fsp3) is 0.250. The molecule has 0 radical (unpaired) electrons. The predicted molar refractivity (Wildman–Crippen MR) is 106 cm³/mol. The Bertz CT molecular complexity index is 1260. The molecule has 3 aromatic heterocycles. The van der Waals surface area contributed by atoms with Crippen LogP contribution in [0, 0.1) is 11.7 Å². The van der Waals surface area contributed by atoms with Crippen LogP contribution in [-0.2, 0) is 16.0 Å². The molecule has 1 saturated heterocycles. The van der Waals surface area contributed by atoms with Crippen LogP contribution in [0.5, 0.6) is 0 Å². The van der Waals surface area contributed by atoms with E-state index in [9.17, 15) is 14.0 Å². The van der Waals surface area contributed by atoms with E-state index in [-0.39, 0.29) is 36.0 Å². The Morgan fingerprint density at radius 2 is 2.13 bits per heavy atom. The number of pyridine rings is 1. The Labute approximate surface area is 169 Å². The second-order valence-electron chi connectivity index (χ2n) is 7.20. The van der Waals surface area contributed by atoms with Crippen molar-refractivity contribution in [3.63, 3.8) is 0 Å². The van der Waals surface area contributed by atoms with E-state index in [1.165, 1.54) is 11.0 Å². The summed E-state index contributed by atoms with van der Waals surface area (Å²) in [6, 6.07) is 10.2. The molecular formula is C20H18FN7O2. The van der Waals surface area contributed by atoms with Gasteiger partial charge in [0.15, 0.2) is 11.5 Å². The third-order valence-corrected chi connectivity index (χ3v) is 5.30. The van der Waals surface area contributed by atoms with E-state index in [1.54, 1.807) is 12.1 Å². The van der Waals surface area contributed by atoms with Gasteiger partial charge < -0.3 is 5.32 Å². The maximum atomic E-state index is 14.2. The van der Waals surface area contributed by atoms with Gasteiger partial charge in [-0.1, -0.05) is 12.1 Å². The van der Waals surface area contributed by atoms with Crippen LogP contribution in [0.3, 0.4) is 0 Å². The molecule has 1 aromatic carbocycles. The van der Waals surface area contributed by atoms with Gasteiger partial charge in [-0.2, -0.15) is 5.10 Å². The van der Waals surface area contributed by atoms with Gasteiger partial charge in [0.25, 0.3) is 0 Å². The molecule has 1 aliphatic heterocycles. The smallest absolute Gasteiger partial charge is 0.229 e. The minimum absolute atomic E-state index is 0.0580. The zero-order chi connectivity index (χ0) is 20.7. The topological polar surface area (TPSA) is 108 Å². The molecular weight excluding hydrogens is 389 g/mol. The molecule has 30 heavy (non-hydrogen) atoms. The number of carbonyl (C=O) groups is 2. The molecule has 4 aromatic rings. The Morgan fingerprint density at radius 1 is 1.23 bits per heavy atom. The van der Waals surface area contributed by atoms with Crippen LogP contribution >= 0.6 is 0 Å². The fourth-order valence-corrected chi connectivity index (χ4v) is 3.80. The van der Waals surface area contributed by atoms with Crippen LogP contribution in [0.4, 0.5) is 10.2 Å². The molecule has 1 unspecified atom stereocenters. The molecule has 0 bridgehead atoms. The highest BCUT2D eigenvalue weighted by molar-refractivity contribution is 6.05. The number of fused-ring (bicyclic) bond motifs is 2. The largest absolute Gasteiger partial charge is 0.355 e. The summed E-state index contributed by atoms with van der Waals surface area (Å²) in [7, 11) is 0. The summed E-state index contributed by atoms with van der Waals surface area (Å²) in [5.41, 5.74) is 1.25. The summed E-state index contributed by atoms with van der Waals surface area (Å²) in [6.07, 6.45) is 2.44. The van der Waals surface area contributed by atoms with Gasteiger partial charge in [0, 0.05) is 32.1 Å². The van der Waals surface area contributed by atoms with Crippen LogP contribution < -0.4 is 10.2 Å². The van der Waals surface area contributed by atoms with Crippen molar-refractivity contribution in [1.29, 1.82) is 0 Å². The Kier molecular flexibility index (Phi) is 4.38. The first-order valence-corrected chi connectivity index (χ1v) is 9.61. The van der Waals surface area contributed by atoms with E-state index in [0.29, 0.717) is 18.5 Å². The summed E-state index contributed by atoms with van der Waals surface area (Å²) >= 11 is 0. The highest BCUT2D eigenvalue weighted by Crippen LogP contribution is 2.31. The van der Waals surface area contributed by atoms with Crippen molar-refractivity contribution in [1.82, 2.24) is 30.1 Å². The van der Waals surface area contributed by atoms with Gasteiger partial charge in [0.2, 0.25) is 11.8 Å². The van der Waals surface area contributed by atoms with Gasteiger partial charge in [-0.25, -0.2) is 4.39 Å². The van der Waals surface area contributed by atoms with E-state index >= 15 is 0 Å². The minimum Gasteiger partial charge on any atom is -0.355 e. The molecule has 0 spiro atoms. The van der Waals surface area contributed by atoms with Crippen LogP contribution in [0.2, 0.25) is 0 Å². The summed E-state index contributed by atoms with van der Waals surface area (Å²) in [5.74, 6) is -0.495. The maximum Gasteiger partial charge on any atom is 0.229 e. The third kappa shape index (κ3) is 3.06. The highest BCUT2D eigenvalue weighted by atomic mass is 19.1. The summed E-state index contributed by atoms with van der Waals surface area (Å²) in [6.45, 7) is 0.534. The summed E-state index contributed by atoms with van der Waals surface area (Å²) in [5, 5.41) is 18.2. The van der Waals surface area contributed by atoms with E-state index in [1.807, 2.05) is 28.8 Å². The van der Waals surface area contributed by atoms with E-state index in [0.717, 1.165) is 11.5 Å². The van der Waals surface area contributed by atoms with Crippen LogP contribution in [0.15, 0.2) is 42.6 Å². The molecule has 1 aliphatic rings. The zero-order valence-electron chi connectivity index (χ0n) is 15.9. The van der Waals surface area contributed by atoms with Crippen LogP contribution in [-0.4, -0.2) is 49.7 Å². The Morgan fingerprint density at radius 3 is 3.03 bits per heavy atom. The first-order valence-electron chi connectivity index (χ1n) is 9.61. The first-order chi connectivity index (χ1) is 14.6.